The van der Waals surface area contributed by atoms with Crippen LogP contribution in [0.3, 0.4) is 0 Å². The van der Waals surface area contributed by atoms with Gasteiger partial charge in [0.1, 0.15) is 0 Å². The minimum Gasteiger partial charge on any atom is -0.383 e. The van der Waals surface area contributed by atoms with Crippen LogP contribution in [0.25, 0.3) is 0 Å². The summed E-state index contributed by atoms with van der Waals surface area (Å²) in [6, 6.07) is 0.453. The molecule has 0 saturated heterocycles. The zero-order valence-electron chi connectivity index (χ0n) is 10.3. The van der Waals surface area contributed by atoms with E-state index in [-0.39, 0.29) is 0 Å². The summed E-state index contributed by atoms with van der Waals surface area (Å²) in [6.07, 6.45) is 5.92. The van der Waals surface area contributed by atoms with E-state index < -0.39 is 0 Å². The van der Waals surface area contributed by atoms with Gasteiger partial charge in [0.2, 0.25) is 0 Å². The minimum atomic E-state index is 0.453. The number of hydrogen-bond acceptors (Lipinski definition) is 2. The van der Waals surface area contributed by atoms with Crippen LogP contribution in [0.1, 0.15) is 33.6 Å². The van der Waals surface area contributed by atoms with Crippen LogP contribution in [-0.2, 0) is 0 Å². The van der Waals surface area contributed by atoms with Crippen molar-refractivity contribution < 1.29 is 0 Å². The molecule has 0 aliphatic carbocycles. The van der Waals surface area contributed by atoms with Crippen molar-refractivity contribution >= 4 is 0 Å². The van der Waals surface area contributed by atoms with E-state index >= 15 is 0 Å². The predicted molar refractivity (Wildman–Crippen MR) is 68.6 cm³/mol. The lowest BCUT2D eigenvalue weighted by Crippen LogP contribution is -2.29. The molecule has 2 nitrogen and oxygen atoms in total. The van der Waals surface area contributed by atoms with Gasteiger partial charge in [-0.25, -0.2) is 0 Å². The quantitative estimate of drug-likeness (QED) is 0.599. The van der Waals surface area contributed by atoms with Crippen LogP contribution in [-0.4, -0.2) is 12.6 Å². The fraction of sp³-hybridized carbons (Fsp3) is 0.538. The monoisotopic (exact) mass is 208 g/mol. The molecule has 0 aliphatic rings. The maximum atomic E-state index is 4.02. The molecule has 0 aromatic heterocycles. The lowest BCUT2D eigenvalue weighted by Gasteiger charge is -2.18. The summed E-state index contributed by atoms with van der Waals surface area (Å²) >= 11 is 0. The average Bonchev–Trinajstić information content (AvgIpc) is 2.23. The SMILES string of the molecule is C=C/C=C(\NCCC)C(=C)NC(C)CC. The molecule has 0 radical (unpaired) electrons. The van der Waals surface area contributed by atoms with Gasteiger partial charge in [0, 0.05) is 12.6 Å². The van der Waals surface area contributed by atoms with Gasteiger partial charge in [-0.1, -0.05) is 33.1 Å². The predicted octanol–water partition coefficient (Wildman–Crippen LogP) is 2.96. The first-order chi connectivity index (χ1) is 7.15. The first kappa shape index (κ1) is 13.8. The fourth-order valence-corrected chi connectivity index (χ4v) is 1.12. The maximum Gasteiger partial charge on any atom is 0.0569 e. The minimum absolute atomic E-state index is 0.453. The first-order valence-electron chi connectivity index (χ1n) is 5.68. The van der Waals surface area contributed by atoms with Crippen LogP contribution in [0.15, 0.2) is 36.7 Å². The molecule has 0 saturated carbocycles. The summed E-state index contributed by atoms with van der Waals surface area (Å²) < 4.78 is 0. The lowest BCUT2D eigenvalue weighted by molar-refractivity contribution is 0.591. The van der Waals surface area contributed by atoms with Gasteiger partial charge in [0.05, 0.1) is 11.4 Å². The van der Waals surface area contributed by atoms with Gasteiger partial charge in [-0.05, 0) is 25.8 Å². The van der Waals surface area contributed by atoms with Gasteiger partial charge < -0.3 is 10.6 Å². The highest BCUT2D eigenvalue weighted by Gasteiger charge is 2.03. The molecule has 86 valence electrons. The van der Waals surface area contributed by atoms with Crippen LogP contribution in [0.5, 0.6) is 0 Å². The highest BCUT2D eigenvalue weighted by molar-refractivity contribution is 5.28. The molecule has 1 atom stereocenters. The second-order valence-corrected chi connectivity index (χ2v) is 3.68. The molecule has 0 heterocycles. The van der Waals surface area contributed by atoms with Gasteiger partial charge in [-0.2, -0.15) is 0 Å². The van der Waals surface area contributed by atoms with Gasteiger partial charge in [0.15, 0.2) is 0 Å². The standard InChI is InChI=1S/C13H24N2/c1-6-9-13(14-10-7-2)12(5)15-11(4)8-3/h6,9,11,14-15H,1,5,7-8,10H2,2-4H3/b13-9-. The molecule has 0 amide bonds. The molecule has 0 bridgehead atoms. The Morgan fingerprint density at radius 3 is 2.53 bits per heavy atom. The van der Waals surface area contributed by atoms with E-state index in [2.05, 4.69) is 44.6 Å². The van der Waals surface area contributed by atoms with Gasteiger partial charge in [-0.3, -0.25) is 0 Å². The van der Waals surface area contributed by atoms with Crippen molar-refractivity contribution in [1.29, 1.82) is 0 Å². The lowest BCUT2D eigenvalue weighted by atomic mass is 10.2. The Hall–Kier alpha value is -1.18. The Balaban J connectivity index is 4.29. The third-order valence-electron chi connectivity index (χ3n) is 2.21. The molecule has 0 aromatic rings. The molecule has 2 N–H and O–H groups in total. The third-order valence-corrected chi connectivity index (χ3v) is 2.21. The molecule has 15 heavy (non-hydrogen) atoms. The molecule has 0 aromatic carbocycles. The highest BCUT2D eigenvalue weighted by Crippen LogP contribution is 2.03. The maximum absolute atomic E-state index is 4.02. The molecular weight excluding hydrogens is 184 g/mol. The largest absolute Gasteiger partial charge is 0.383 e. The summed E-state index contributed by atoms with van der Waals surface area (Å²) in [5.41, 5.74) is 1.98. The zero-order valence-corrected chi connectivity index (χ0v) is 10.3. The molecule has 1 unspecified atom stereocenters. The molecule has 0 aliphatic heterocycles. The number of allylic oxidation sites excluding steroid dienone is 2. The molecule has 2 heteroatoms. The summed E-state index contributed by atoms with van der Waals surface area (Å²) in [5, 5.41) is 6.68. The smallest absolute Gasteiger partial charge is 0.0569 e. The van der Waals surface area contributed by atoms with Crippen molar-refractivity contribution in [3.05, 3.63) is 36.7 Å². The normalized spacial score (nSPS) is 13.1. The molecule has 0 fully saturated rings. The third kappa shape index (κ3) is 6.00. The van der Waals surface area contributed by atoms with Gasteiger partial charge in [0.25, 0.3) is 0 Å². The summed E-state index contributed by atoms with van der Waals surface area (Å²) in [7, 11) is 0. The van der Waals surface area contributed by atoms with E-state index in [0.717, 1.165) is 30.8 Å². The van der Waals surface area contributed by atoms with Crippen molar-refractivity contribution in [2.75, 3.05) is 6.54 Å². The molecule has 0 rings (SSSR count). The molecule has 0 spiro atoms. The average molecular weight is 208 g/mol. The van der Waals surface area contributed by atoms with E-state index in [1.54, 1.807) is 6.08 Å². The van der Waals surface area contributed by atoms with E-state index in [9.17, 15) is 0 Å². The van der Waals surface area contributed by atoms with Crippen LogP contribution in [0.4, 0.5) is 0 Å². The summed E-state index contributed by atoms with van der Waals surface area (Å²) in [4.78, 5) is 0. The van der Waals surface area contributed by atoms with Crippen molar-refractivity contribution in [2.45, 2.75) is 39.7 Å². The Bertz CT molecular complexity index is 229. The summed E-state index contributed by atoms with van der Waals surface area (Å²) in [6.45, 7) is 15.1. The number of rotatable bonds is 8. The second-order valence-electron chi connectivity index (χ2n) is 3.68. The van der Waals surface area contributed by atoms with Crippen molar-refractivity contribution in [3.63, 3.8) is 0 Å². The first-order valence-corrected chi connectivity index (χ1v) is 5.68. The van der Waals surface area contributed by atoms with Crippen LogP contribution in [0.2, 0.25) is 0 Å². The van der Waals surface area contributed by atoms with Crippen molar-refractivity contribution in [3.8, 4) is 0 Å². The van der Waals surface area contributed by atoms with Crippen LogP contribution in [0, 0.1) is 0 Å². The van der Waals surface area contributed by atoms with E-state index in [1.807, 2.05) is 6.08 Å². The fourth-order valence-electron chi connectivity index (χ4n) is 1.12. The Morgan fingerprint density at radius 1 is 1.40 bits per heavy atom. The van der Waals surface area contributed by atoms with E-state index in [4.69, 9.17) is 0 Å². The topological polar surface area (TPSA) is 24.1 Å². The van der Waals surface area contributed by atoms with Gasteiger partial charge >= 0.3 is 0 Å². The van der Waals surface area contributed by atoms with Crippen molar-refractivity contribution in [2.24, 2.45) is 0 Å². The van der Waals surface area contributed by atoms with Crippen LogP contribution < -0.4 is 10.6 Å². The Morgan fingerprint density at radius 2 is 2.07 bits per heavy atom. The van der Waals surface area contributed by atoms with Gasteiger partial charge in [-0.15, -0.1) is 0 Å². The van der Waals surface area contributed by atoms with Crippen molar-refractivity contribution in [1.82, 2.24) is 10.6 Å². The Kier molecular flexibility index (Phi) is 7.51. The second kappa shape index (κ2) is 8.16. The van der Waals surface area contributed by atoms with Crippen LogP contribution >= 0.6 is 0 Å². The number of nitrogens with one attached hydrogen (secondary N) is 2. The van der Waals surface area contributed by atoms with E-state index in [0.29, 0.717) is 6.04 Å². The highest BCUT2D eigenvalue weighted by atomic mass is 15.0. The summed E-state index contributed by atoms with van der Waals surface area (Å²) in [5.74, 6) is 0. The zero-order chi connectivity index (χ0) is 11.7. The van der Waals surface area contributed by atoms with E-state index in [1.165, 1.54) is 0 Å². The Labute approximate surface area is 94.1 Å². The molecular formula is C13H24N2. The number of hydrogen-bond donors (Lipinski definition) is 2.